The number of amides is 1. The minimum atomic E-state index is -0.829. The molecule has 1 fully saturated rings. The summed E-state index contributed by atoms with van der Waals surface area (Å²) >= 11 is 3.39. The smallest absolute Gasteiger partial charge is 0.244 e. The molecule has 128 valence electrons. The van der Waals surface area contributed by atoms with Crippen LogP contribution in [0.15, 0.2) is 41.1 Å². The largest absolute Gasteiger partial charge is 0.381 e. The normalized spacial score (nSPS) is 16.8. The molecule has 1 aromatic heterocycles. The van der Waals surface area contributed by atoms with Gasteiger partial charge in [0.25, 0.3) is 0 Å². The maximum atomic E-state index is 12.4. The number of carbonyl (C=O) groups is 1. The molecule has 0 unspecified atom stereocenters. The van der Waals surface area contributed by atoms with E-state index in [2.05, 4.69) is 26.3 Å². The van der Waals surface area contributed by atoms with E-state index in [0.29, 0.717) is 26.1 Å². The Morgan fingerprint density at radius 2 is 2.04 bits per heavy atom. The summed E-state index contributed by atoms with van der Waals surface area (Å²) in [4.78, 5) is 12.4. The second-order valence-corrected chi connectivity index (χ2v) is 7.01. The molecule has 1 aromatic carbocycles. The first-order valence-electron chi connectivity index (χ1n) is 8.00. The van der Waals surface area contributed by atoms with E-state index in [0.717, 1.165) is 23.1 Å². The van der Waals surface area contributed by atoms with Gasteiger partial charge in [0.1, 0.15) is 5.54 Å². The molecule has 1 saturated heterocycles. The molecule has 6 nitrogen and oxygen atoms in total. The van der Waals surface area contributed by atoms with Crippen LogP contribution < -0.4 is 11.1 Å². The van der Waals surface area contributed by atoms with Crippen LogP contribution in [0, 0.1) is 0 Å². The number of aromatic nitrogens is 2. The lowest BCUT2D eigenvalue weighted by Gasteiger charge is -2.31. The number of nitrogens with zero attached hydrogens (tertiary/aromatic N) is 2. The lowest BCUT2D eigenvalue weighted by atomic mass is 9.90. The molecule has 0 bridgehead atoms. The Hall–Kier alpha value is -1.70. The SMILES string of the molecule is NC1(C(=O)Nc2ccc(CCn3cc(Br)cn3)cc2)CCOCC1. The molecular formula is C17H21BrN4O2. The molecule has 1 aliphatic rings. The van der Waals surface area contributed by atoms with Gasteiger partial charge in [-0.2, -0.15) is 5.10 Å². The molecule has 24 heavy (non-hydrogen) atoms. The minimum absolute atomic E-state index is 0.139. The first-order chi connectivity index (χ1) is 11.5. The average molecular weight is 393 g/mol. The number of hydrogen-bond acceptors (Lipinski definition) is 4. The fraction of sp³-hybridized carbons (Fsp3) is 0.412. The van der Waals surface area contributed by atoms with Crippen molar-refractivity contribution in [3.05, 3.63) is 46.7 Å². The third kappa shape index (κ3) is 4.23. The number of hydrogen-bond donors (Lipinski definition) is 2. The van der Waals surface area contributed by atoms with E-state index in [1.807, 2.05) is 35.1 Å². The highest BCUT2D eigenvalue weighted by Gasteiger charge is 2.35. The summed E-state index contributed by atoms with van der Waals surface area (Å²) in [6.45, 7) is 1.88. The van der Waals surface area contributed by atoms with Gasteiger partial charge in [-0.25, -0.2) is 0 Å². The van der Waals surface area contributed by atoms with Gasteiger partial charge < -0.3 is 15.8 Å². The van der Waals surface area contributed by atoms with Gasteiger partial charge >= 0.3 is 0 Å². The number of anilines is 1. The number of ether oxygens (including phenoxy) is 1. The van der Waals surface area contributed by atoms with Gasteiger partial charge in [-0.3, -0.25) is 9.48 Å². The van der Waals surface area contributed by atoms with Crippen molar-refractivity contribution in [3.63, 3.8) is 0 Å². The summed E-state index contributed by atoms with van der Waals surface area (Å²) in [5, 5.41) is 7.15. The summed E-state index contributed by atoms with van der Waals surface area (Å²) in [5.74, 6) is -0.139. The first-order valence-corrected chi connectivity index (χ1v) is 8.79. The number of nitrogens with two attached hydrogens (primary N) is 1. The summed E-state index contributed by atoms with van der Waals surface area (Å²) in [5.41, 5.74) is 7.31. The topological polar surface area (TPSA) is 82.2 Å². The Kier molecular flexibility index (Phi) is 5.33. The number of carbonyl (C=O) groups excluding carboxylic acids is 1. The number of rotatable bonds is 5. The minimum Gasteiger partial charge on any atom is -0.381 e. The summed E-state index contributed by atoms with van der Waals surface area (Å²) in [6, 6.07) is 7.85. The van der Waals surface area contributed by atoms with E-state index in [1.54, 1.807) is 6.20 Å². The molecule has 3 rings (SSSR count). The molecule has 0 aliphatic carbocycles. The van der Waals surface area contributed by atoms with Gasteiger partial charge in [0.2, 0.25) is 5.91 Å². The molecule has 3 N–H and O–H groups in total. The molecule has 0 radical (unpaired) electrons. The number of nitrogens with one attached hydrogen (secondary N) is 1. The standard InChI is InChI=1S/C17H21BrN4O2/c18-14-11-20-22(12-14)8-5-13-1-3-15(4-2-13)21-16(23)17(19)6-9-24-10-7-17/h1-4,11-12H,5-10,19H2,(H,21,23). The van der Waals surface area contributed by atoms with Crippen molar-refractivity contribution in [3.8, 4) is 0 Å². The number of aryl methyl sites for hydroxylation is 2. The van der Waals surface area contributed by atoms with E-state index >= 15 is 0 Å². The van der Waals surface area contributed by atoms with Crippen molar-refractivity contribution >= 4 is 27.5 Å². The van der Waals surface area contributed by atoms with Crippen molar-refractivity contribution in [2.75, 3.05) is 18.5 Å². The van der Waals surface area contributed by atoms with Crippen LogP contribution in [0.25, 0.3) is 0 Å². The van der Waals surface area contributed by atoms with Gasteiger partial charge in [-0.05, 0) is 52.9 Å². The Labute approximate surface area is 149 Å². The second-order valence-electron chi connectivity index (χ2n) is 6.09. The van der Waals surface area contributed by atoms with Crippen molar-refractivity contribution in [1.29, 1.82) is 0 Å². The predicted octanol–water partition coefficient (Wildman–Crippen LogP) is 2.33. The monoisotopic (exact) mass is 392 g/mol. The van der Waals surface area contributed by atoms with Crippen molar-refractivity contribution < 1.29 is 9.53 Å². The van der Waals surface area contributed by atoms with Crippen molar-refractivity contribution in [2.45, 2.75) is 31.3 Å². The fourth-order valence-electron chi connectivity index (χ4n) is 2.68. The Morgan fingerprint density at radius 1 is 1.33 bits per heavy atom. The van der Waals surface area contributed by atoms with Crippen LogP contribution in [0.1, 0.15) is 18.4 Å². The summed E-state index contributed by atoms with van der Waals surface area (Å²) < 4.78 is 8.14. The van der Waals surface area contributed by atoms with Crippen LogP contribution in [-0.4, -0.2) is 34.4 Å². The quantitative estimate of drug-likeness (QED) is 0.817. The maximum absolute atomic E-state index is 12.4. The van der Waals surface area contributed by atoms with E-state index in [-0.39, 0.29) is 5.91 Å². The highest BCUT2D eigenvalue weighted by atomic mass is 79.9. The molecule has 2 aromatic rings. The molecule has 1 amide bonds. The van der Waals surface area contributed by atoms with Gasteiger partial charge in [0.15, 0.2) is 0 Å². The number of benzene rings is 1. The predicted molar refractivity (Wildman–Crippen MR) is 95.7 cm³/mol. The number of halogens is 1. The van der Waals surface area contributed by atoms with E-state index in [1.165, 1.54) is 5.56 Å². The van der Waals surface area contributed by atoms with Crippen LogP contribution in [0.2, 0.25) is 0 Å². The molecule has 7 heteroatoms. The molecule has 0 atom stereocenters. The third-order valence-electron chi connectivity index (χ3n) is 4.28. The summed E-state index contributed by atoms with van der Waals surface area (Å²) in [6.07, 6.45) is 5.70. The zero-order chi connectivity index (χ0) is 17.0. The van der Waals surface area contributed by atoms with Crippen LogP contribution in [0.4, 0.5) is 5.69 Å². The van der Waals surface area contributed by atoms with Gasteiger partial charge in [-0.15, -0.1) is 0 Å². The summed E-state index contributed by atoms with van der Waals surface area (Å²) in [7, 11) is 0. The molecule has 1 aliphatic heterocycles. The van der Waals surface area contributed by atoms with Crippen LogP contribution in [0.5, 0.6) is 0 Å². The molecule has 0 saturated carbocycles. The first kappa shape index (κ1) is 17.1. The van der Waals surface area contributed by atoms with Gasteiger partial charge in [-0.1, -0.05) is 12.1 Å². The molecule has 0 spiro atoms. The zero-order valence-corrected chi connectivity index (χ0v) is 15.0. The highest BCUT2D eigenvalue weighted by Crippen LogP contribution is 2.20. The van der Waals surface area contributed by atoms with Gasteiger partial charge in [0.05, 0.1) is 10.7 Å². The maximum Gasteiger partial charge on any atom is 0.244 e. The average Bonchev–Trinajstić information content (AvgIpc) is 3.00. The van der Waals surface area contributed by atoms with Crippen LogP contribution in [0.3, 0.4) is 0 Å². The van der Waals surface area contributed by atoms with Crippen LogP contribution >= 0.6 is 15.9 Å². The third-order valence-corrected chi connectivity index (χ3v) is 4.69. The van der Waals surface area contributed by atoms with E-state index < -0.39 is 5.54 Å². The van der Waals surface area contributed by atoms with E-state index in [9.17, 15) is 4.79 Å². The lowest BCUT2D eigenvalue weighted by Crippen LogP contribution is -2.54. The van der Waals surface area contributed by atoms with Crippen LogP contribution in [-0.2, 0) is 22.5 Å². The van der Waals surface area contributed by atoms with E-state index in [4.69, 9.17) is 10.5 Å². The zero-order valence-electron chi connectivity index (χ0n) is 13.4. The van der Waals surface area contributed by atoms with Crippen molar-refractivity contribution in [2.24, 2.45) is 5.73 Å². The second kappa shape index (κ2) is 7.46. The Morgan fingerprint density at radius 3 is 2.67 bits per heavy atom. The Balaban J connectivity index is 1.55. The van der Waals surface area contributed by atoms with Gasteiger partial charge in [0, 0.05) is 31.6 Å². The molecule has 2 heterocycles. The molecular weight excluding hydrogens is 372 g/mol. The lowest BCUT2D eigenvalue weighted by molar-refractivity contribution is -0.124. The Bertz CT molecular complexity index is 693. The highest BCUT2D eigenvalue weighted by molar-refractivity contribution is 9.10. The fourth-order valence-corrected chi connectivity index (χ4v) is 3.01. The van der Waals surface area contributed by atoms with Crippen molar-refractivity contribution in [1.82, 2.24) is 9.78 Å².